The quantitative estimate of drug-likeness (QED) is 0.831. The van der Waals surface area contributed by atoms with E-state index in [-0.39, 0.29) is 0 Å². The molecule has 1 aliphatic rings. The van der Waals surface area contributed by atoms with Crippen LogP contribution in [-0.4, -0.2) is 7.05 Å². The van der Waals surface area contributed by atoms with Crippen molar-refractivity contribution in [1.29, 1.82) is 0 Å². The molecule has 0 atom stereocenters. The van der Waals surface area contributed by atoms with E-state index in [1.54, 1.807) is 0 Å². The summed E-state index contributed by atoms with van der Waals surface area (Å²) in [5.41, 5.74) is 8.56. The van der Waals surface area contributed by atoms with Gasteiger partial charge in [0.2, 0.25) is 0 Å². The van der Waals surface area contributed by atoms with E-state index in [1.165, 1.54) is 39.9 Å². The van der Waals surface area contributed by atoms with Crippen LogP contribution in [-0.2, 0) is 12.8 Å². The number of aryl methyl sites for hydroxylation is 1. The normalized spacial score (nSPS) is 13.1. The zero-order valence-electron chi connectivity index (χ0n) is 12.6. The lowest BCUT2D eigenvalue weighted by Crippen LogP contribution is -2.13. The van der Waals surface area contributed by atoms with Crippen LogP contribution in [0.25, 0.3) is 11.8 Å². The molecule has 1 aromatic rings. The molecular formula is C18H25N. The van der Waals surface area contributed by atoms with Gasteiger partial charge in [-0.2, -0.15) is 0 Å². The Morgan fingerprint density at radius 3 is 2.68 bits per heavy atom. The number of allylic oxidation sites excluding steroid dienone is 2. The van der Waals surface area contributed by atoms with Crippen LogP contribution in [0, 0.1) is 0 Å². The lowest BCUT2D eigenvalue weighted by molar-refractivity contribution is 0.895. The summed E-state index contributed by atoms with van der Waals surface area (Å²) in [5.74, 6) is 0. The van der Waals surface area contributed by atoms with Gasteiger partial charge in [-0.3, -0.25) is 0 Å². The summed E-state index contributed by atoms with van der Waals surface area (Å²) in [5, 5.41) is 3.42. The number of benzene rings is 1. The van der Waals surface area contributed by atoms with Crippen molar-refractivity contribution in [1.82, 2.24) is 5.32 Å². The fourth-order valence-electron chi connectivity index (χ4n) is 2.99. The van der Waals surface area contributed by atoms with Gasteiger partial charge in [-0.1, -0.05) is 43.2 Å². The predicted octanol–water partition coefficient (Wildman–Crippen LogP) is 4.57. The zero-order valence-corrected chi connectivity index (χ0v) is 12.6. The van der Waals surface area contributed by atoms with Crippen molar-refractivity contribution in [3.05, 3.63) is 46.0 Å². The van der Waals surface area contributed by atoms with Crippen molar-refractivity contribution >= 4 is 11.8 Å². The smallest absolute Gasteiger partial charge is 0.0403 e. The third-order valence-electron chi connectivity index (χ3n) is 3.81. The van der Waals surface area contributed by atoms with Gasteiger partial charge in [0.25, 0.3) is 0 Å². The lowest BCUT2D eigenvalue weighted by atomic mass is 9.86. The van der Waals surface area contributed by atoms with Crippen LogP contribution in [0.3, 0.4) is 0 Å². The first-order valence-electron chi connectivity index (χ1n) is 7.36. The molecule has 1 aliphatic carbocycles. The summed E-state index contributed by atoms with van der Waals surface area (Å²) in [4.78, 5) is 0. The third-order valence-corrected chi connectivity index (χ3v) is 3.81. The summed E-state index contributed by atoms with van der Waals surface area (Å²) < 4.78 is 0. The van der Waals surface area contributed by atoms with Crippen molar-refractivity contribution in [3.63, 3.8) is 0 Å². The number of nitrogens with one attached hydrogen (secondary N) is 1. The molecule has 0 saturated heterocycles. The maximum atomic E-state index is 3.42. The standard InChI is InChI=1S/C18H25N/c1-5-8-15-12-11-14-9-6-7-10-16(14)17(15)18(19-4)13(2)3/h6,9,11-12,19H,5,7-8,10H2,1-4H3. The van der Waals surface area contributed by atoms with Crippen molar-refractivity contribution in [2.24, 2.45) is 0 Å². The fraction of sp³-hybridized carbons (Fsp3) is 0.444. The molecule has 1 aromatic carbocycles. The number of rotatable bonds is 4. The van der Waals surface area contributed by atoms with Gasteiger partial charge < -0.3 is 5.32 Å². The average molecular weight is 255 g/mol. The number of fused-ring (bicyclic) bond motifs is 1. The second-order valence-corrected chi connectivity index (χ2v) is 5.48. The molecule has 102 valence electrons. The van der Waals surface area contributed by atoms with Crippen LogP contribution in [0.4, 0.5) is 0 Å². The van der Waals surface area contributed by atoms with Crippen molar-refractivity contribution in [2.45, 2.75) is 46.5 Å². The monoisotopic (exact) mass is 255 g/mol. The van der Waals surface area contributed by atoms with E-state index in [1.807, 2.05) is 7.05 Å². The Morgan fingerprint density at radius 1 is 1.26 bits per heavy atom. The Balaban J connectivity index is 2.66. The SMILES string of the molecule is CCCc1ccc2c(c1C(NC)=C(C)C)CCC=C2. The first kappa shape index (κ1) is 13.9. The maximum absolute atomic E-state index is 3.42. The number of hydrogen-bond acceptors (Lipinski definition) is 1. The molecule has 0 aromatic heterocycles. The Kier molecular flexibility index (Phi) is 4.47. The highest BCUT2D eigenvalue weighted by Crippen LogP contribution is 2.31. The molecule has 0 saturated carbocycles. The van der Waals surface area contributed by atoms with Crippen molar-refractivity contribution in [3.8, 4) is 0 Å². The molecule has 0 bridgehead atoms. The van der Waals surface area contributed by atoms with E-state index < -0.39 is 0 Å². The topological polar surface area (TPSA) is 12.0 Å². The van der Waals surface area contributed by atoms with E-state index in [0.717, 1.165) is 19.3 Å². The molecule has 0 fully saturated rings. The van der Waals surface area contributed by atoms with Crippen LogP contribution < -0.4 is 5.32 Å². The van der Waals surface area contributed by atoms with Gasteiger partial charge in [-0.05, 0) is 49.8 Å². The van der Waals surface area contributed by atoms with Gasteiger partial charge >= 0.3 is 0 Å². The van der Waals surface area contributed by atoms with Gasteiger partial charge in [-0.15, -0.1) is 0 Å². The van der Waals surface area contributed by atoms with Crippen LogP contribution >= 0.6 is 0 Å². The molecule has 0 radical (unpaired) electrons. The number of hydrogen-bond donors (Lipinski definition) is 1. The summed E-state index contributed by atoms with van der Waals surface area (Å²) in [6, 6.07) is 4.60. The molecular weight excluding hydrogens is 230 g/mol. The summed E-state index contributed by atoms with van der Waals surface area (Å²) in [7, 11) is 2.04. The average Bonchev–Trinajstić information content (AvgIpc) is 2.41. The first-order valence-corrected chi connectivity index (χ1v) is 7.36. The molecule has 1 N–H and O–H groups in total. The second-order valence-electron chi connectivity index (χ2n) is 5.48. The molecule has 2 rings (SSSR count). The fourth-order valence-corrected chi connectivity index (χ4v) is 2.99. The molecule has 19 heavy (non-hydrogen) atoms. The Bertz CT molecular complexity index is 517. The third kappa shape index (κ3) is 2.75. The van der Waals surface area contributed by atoms with E-state index in [4.69, 9.17) is 0 Å². The highest BCUT2D eigenvalue weighted by Gasteiger charge is 2.17. The van der Waals surface area contributed by atoms with Gasteiger partial charge in [0.05, 0.1) is 0 Å². The largest absolute Gasteiger partial charge is 0.388 e. The molecule has 1 heteroatoms. The minimum atomic E-state index is 1.16. The van der Waals surface area contributed by atoms with Gasteiger partial charge in [0.15, 0.2) is 0 Å². The highest BCUT2D eigenvalue weighted by atomic mass is 14.8. The van der Waals surface area contributed by atoms with Gasteiger partial charge in [0, 0.05) is 18.3 Å². The zero-order chi connectivity index (χ0) is 13.8. The van der Waals surface area contributed by atoms with E-state index in [2.05, 4.69) is 50.4 Å². The highest BCUT2D eigenvalue weighted by molar-refractivity contribution is 5.76. The van der Waals surface area contributed by atoms with E-state index in [9.17, 15) is 0 Å². The van der Waals surface area contributed by atoms with E-state index >= 15 is 0 Å². The molecule has 0 aliphatic heterocycles. The van der Waals surface area contributed by atoms with Crippen molar-refractivity contribution < 1.29 is 0 Å². The Hall–Kier alpha value is -1.50. The van der Waals surface area contributed by atoms with Crippen LogP contribution in [0.1, 0.15) is 55.9 Å². The van der Waals surface area contributed by atoms with E-state index in [0.29, 0.717) is 0 Å². The first-order chi connectivity index (χ1) is 9.19. The van der Waals surface area contributed by atoms with Crippen LogP contribution in [0.5, 0.6) is 0 Å². The molecule has 0 heterocycles. The summed E-state index contributed by atoms with van der Waals surface area (Å²) in [6.45, 7) is 6.64. The van der Waals surface area contributed by atoms with Gasteiger partial charge in [0.1, 0.15) is 0 Å². The van der Waals surface area contributed by atoms with Crippen LogP contribution in [0.2, 0.25) is 0 Å². The molecule has 1 nitrogen and oxygen atoms in total. The molecule has 0 amide bonds. The Morgan fingerprint density at radius 2 is 2.05 bits per heavy atom. The van der Waals surface area contributed by atoms with Gasteiger partial charge in [-0.25, -0.2) is 0 Å². The summed E-state index contributed by atoms with van der Waals surface area (Å²) in [6.07, 6.45) is 9.24. The minimum absolute atomic E-state index is 1.16. The van der Waals surface area contributed by atoms with Crippen molar-refractivity contribution in [2.75, 3.05) is 7.05 Å². The summed E-state index contributed by atoms with van der Waals surface area (Å²) >= 11 is 0. The molecule has 0 unspecified atom stereocenters. The lowest BCUT2D eigenvalue weighted by Gasteiger charge is -2.22. The van der Waals surface area contributed by atoms with Crippen LogP contribution in [0.15, 0.2) is 23.8 Å². The minimum Gasteiger partial charge on any atom is -0.388 e. The maximum Gasteiger partial charge on any atom is 0.0403 e. The second kappa shape index (κ2) is 6.10. The molecule has 0 spiro atoms. The predicted molar refractivity (Wildman–Crippen MR) is 85.1 cm³/mol. The Labute approximate surface area is 117 Å².